The number of ether oxygens (including phenoxy) is 1. The van der Waals surface area contributed by atoms with Gasteiger partial charge in [0.1, 0.15) is 5.75 Å². The van der Waals surface area contributed by atoms with Crippen LogP contribution in [0.1, 0.15) is 46.0 Å². The molecule has 1 N–H and O–H groups in total. The lowest BCUT2D eigenvalue weighted by Crippen LogP contribution is -2.46. The number of fused-ring (bicyclic) bond motifs is 1. The van der Waals surface area contributed by atoms with Crippen LogP contribution in [-0.2, 0) is 9.59 Å². The molecule has 1 fully saturated rings. The first-order valence-electron chi connectivity index (χ1n) is 10.1. The van der Waals surface area contributed by atoms with Gasteiger partial charge in [0.2, 0.25) is 5.91 Å². The molecule has 2 aliphatic heterocycles. The zero-order valence-corrected chi connectivity index (χ0v) is 16.4. The second-order valence-corrected chi connectivity index (χ2v) is 7.55. The highest BCUT2D eigenvalue weighted by Gasteiger charge is 2.31. The van der Waals surface area contributed by atoms with E-state index in [1.165, 1.54) is 25.8 Å². The molecule has 1 saturated heterocycles. The third-order valence-corrected chi connectivity index (χ3v) is 5.52. The van der Waals surface area contributed by atoms with E-state index in [0.717, 1.165) is 18.7 Å². The highest BCUT2D eigenvalue weighted by atomic mass is 16.5. The number of piperidine rings is 1. The molecular weight excluding hydrogens is 342 g/mol. The van der Waals surface area contributed by atoms with Gasteiger partial charge in [0.15, 0.2) is 6.10 Å². The summed E-state index contributed by atoms with van der Waals surface area (Å²) in [4.78, 5) is 28.8. The number of nitrogens with one attached hydrogen (secondary N) is 1. The van der Waals surface area contributed by atoms with Gasteiger partial charge in [-0.25, -0.2) is 0 Å². The molecule has 2 heterocycles. The number of likely N-dealkylation sites (tertiary alicyclic amines) is 1. The maximum absolute atomic E-state index is 12.4. The molecule has 2 atom stereocenters. The van der Waals surface area contributed by atoms with E-state index in [0.29, 0.717) is 31.3 Å². The van der Waals surface area contributed by atoms with Crippen molar-refractivity contribution in [2.24, 2.45) is 0 Å². The summed E-state index contributed by atoms with van der Waals surface area (Å²) < 4.78 is 5.63. The minimum absolute atomic E-state index is 0.00822. The van der Waals surface area contributed by atoms with Crippen molar-refractivity contribution in [2.75, 3.05) is 31.1 Å². The lowest BCUT2D eigenvalue weighted by Gasteiger charge is -2.33. The number of carbonyl (C=O) groups is 2. The fourth-order valence-corrected chi connectivity index (χ4v) is 3.89. The number of hydrogen-bond donors (Lipinski definition) is 1. The molecule has 27 heavy (non-hydrogen) atoms. The molecule has 2 amide bonds. The van der Waals surface area contributed by atoms with Crippen molar-refractivity contribution in [3.05, 3.63) is 24.3 Å². The molecule has 148 valence electrons. The number of rotatable bonds is 7. The van der Waals surface area contributed by atoms with E-state index in [4.69, 9.17) is 4.74 Å². The highest BCUT2D eigenvalue weighted by molar-refractivity contribution is 6.00. The molecule has 3 rings (SSSR count). The van der Waals surface area contributed by atoms with E-state index >= 15 is 0 Å². The van der Waals surface area contributed by atoms with Gasteiger partial charge < -0.3 is 19.9 Å². The molecule has 1 aromatic carbocycles. The normalized spacial score (nSPS) is 22.9. The molecule has 0 bridgehead atoms. The van der Waals surface area contributed by atoms with Gasteiger partial charge in [-0.15, -0.1) is 0 Å². The molecule has 6 heteroatoms. The molecular formula is C21H31N3O3. The number of para-hydroxylation sites is 2. The van der Waals surface area contributed by atoms with E-state index in [9.17, 15) is 9.59 Å². The third kappa shape index (κ3) is 5.01. The van der Waals surface area contributed by atoms with Crippen molar-refractivity contribution in [2.45, 2.75) is 58.1 Å². The third-order valence-electron chi connectivity index (χ3n) is 5.52. The Bertz CT molecular complexity index is 664. The Morgan fingerprint density at radius 1 is 1.22 bits per heavy atom. The van der Waals surface area contributed by atoms with Gasteiger partial charge in [-0.05, 0) is 51.8 Å². The standard InChI is InChI=1S/C21H31N3O3/c1-16-8-5-6-13-23(16)14-7-12-22-20(25)11-15-24-18-9-3-4-10-19(18)27-17(2)21(24)26/h3-4,9-10,16-17H,5-8,11-15H2,1-2H3,(H,22,25). The number of hydrogen-bond acceptors (Lipinski definition) is 4. The minimum atomic E-state index is -0.519. The summed E-state index contributed by atoms with van der Waals surface area (Å²) in [6.07, 6.45) is 4.63. The Labute approximate surface area is 161 Å². The van der Waals surface area contributed by atoms with Crippen LogP contribution in [0.4, 0.5) is 5.69 Å². The van der Waals surface area contributed by atoms with Crippen molar-refractivity contribution < 1.29 is 14.3 Å². The fraction of sp³-hybridized carbons (Fsp3) is 0.619. The van der Waals surface area contributed by atoms with Gasteiger partial charge in [-0.3, -0.25) is 9.59 Å². The molecule has 1 aromatic rings. The average molecular weight is 373 g/mol. The van der Waals surface area contributed by atoms with Gasteiger partial charge in [0, 0.05) is 32.1 Å². The second kappa shape index (κ2) is 9.22. The van der Waals surface area contributed by atoms with E-state index in [-0.39, 0.29) is 11.8 Å². The van der Waals surface area contributed by atoms with Crippen molar-refractivity contribution in [3.8, 4) is 5.75 Å². The molecule has 0 saturated carbocycles. The summed E-state index contributed by atoms with van der Waals surface area (Å²) in [6.45, 7) is 7.30. The SMILES string of the molecule is CC1Oc2ccccc2N(CCC(=O)NCCCN2CCCCC2C)C1=O. The molecule has 0 radical (unpaired) electrons. The monoisotopic (exact) mass is 373 g/mol. The molecule has 6 nitrogen and oxygen atoms in total. The summed E-state index contributed by atoms with van der Waals surface area (Å²) in [5.74, 6) is 0.590. The number of nitrogens with zero attached hydrogens (tertiary/aromatic N) is 2. The minimum Gasteiger partial charge on any atom is -0.479 e. The largest absolute Gasteiger partial charge is 0.479 e. The Hall–Kier alpha value is -2.08. The number of carbonyl (C=O) groups excluding carboxylic acids is 2. The lowest BCUT2D eigenvalue weighted by atomic mass is 10.0. The number of amides is 2. The van der Waals surface area contributed by atoms with Crippen LogP contribution in [0.5, 0.6) is 5.75 Å². The van der Waals surface area contributed by atoms with Crippen LogP contribution in [-0.4, -0.2) is 55.0 Å². The van der Waals surface area contributed by atoms with Gasteiger partial charge in [0.25, 0.3) is 5.91 Å². The maximum Gasteiger partial charge on any atom is 0.267 e. The number of benzene rings is 1. The highest BCUT2D eigenvalue weighted by Crippen LogP contribution is 2.33. The average Bonchev–Trinajstić information content (AvgIpc) is 2.67. The summed E-state index contributed by atoms with van der Waals surface area (Å²) in [5.41, 5.74) is 0.743. The summed E-state index contributed by atoms with van der Waals surface area (Å²) in [6, 6.07) is 8.13. The van der Waals surface area contributed by atoms with Crippen molar-refractivity contribution in [1.82, 2.24) is 10.2 Å². The first kappa shape index (κ1) is 19.7. The second-order valence-electron chi connectivity index (χ2n) is 7.55. The van der Waals surface area contributed by atoms with Gasteiger partial charge in [-0.2, -0.15) is 0 Å². The van der Waals surface area contributed by atoms with Crippen LogP contribution in [0, 0.1) is 0 Å². The van der Waals surface area contributed by atoms with Gasteiger partial charge in [0.05, 0.1) is 5.69 Å². The van der Waals surface area contributed by atoms with Crippen LogP contribution in [0.2, 0.25) is 0 Å². The topological polar surface area (TPSA) is 61.9 Å². The Balaban J connectivity index is 1.42. The van der Waals surface area contributed by atoms with Gasteiger partial charge >= 0.3 is 0 Å². The Kier molecular flexibility index (Phi) is 6.72. The molecule has 0 spiro atoms. The van der Waals surface area contributed by atoms with Gasteiger partial charge in [-0.1, -0.05) is 18.6 Å². The van der Waals surface area contributed by atoms with E-state index in [1.807, 2.05) is 24.3 Å². The quantitative estimate of drug-likeness (QED) is 0.746. The van der Waals surface area contributed by atoms with E-state index < -0.39 is 6.10 Å². The molecule has 2 unspecified atom stereocenters. The predicted molar refractivity (Wildman–Crippen MR) is 106 cm³/mol. The first-order chi connectivity index (χ1) is 13.1. The first-order valence-corrected chi connectivity index (χ1v) is 10.1. The van der Waals surface area contributed by atoms with Crippen LogP contribution in [0.15, 0.2) is 24.3 Å². The fourth-order valence-electron chi connectivity index (χ4n) is 3.89. The zero-order chi connectivity index (χ0) is 19.2. The maximum atomic E-state index is 12.4. The summed E-state index contributed by atoms with van der Waals surface area (Å²) >= 11 is 0. The summed E-state index contributed by atoms with van der Waals surface area (Å²) in [7, 11) is 0. The number of anilines is 1. The molecule has 2 aliphatic rings. The Morgan fingerprint density at radius 2 is 2.04 bits per heavy atom. The van der Waals surface area contributed by atoms with Crippen LogP contribution >= 0.6 is 0 Å². The molecule has 0 aliphatic carbocycles. The summed E-state index contributed by atoms with van der Waals surface area (Å²) in [5, 5.41) is 2.99. The molecule has 0 aromatic heterocycles. The predicted octanol–water partition coefficient (Wildman–Crippen LogP) is 2.57. The van der Waals surface area contributed by atoms with E-state index in [2.05, 4.69) is 17.1 Å². The Morgan fingerprint density at radius 3 is 2.85 bits per heavy atom. The van der Waals surface area contributed by atoms with Crippen molar-refractivity contribution in [3.63, 3.8) is 0 Å². The lowest BCUT2D eigenvalue weighted by molar-refractivity contribution is -0.125. The van der Waals surface area contributed by atoms with Crippen LogP contribution in [0.25, 0.3) is 0 Å². The van der Waals surface area contributed by atoms with E-state index in [1.54, 1.807) is 11.8 Å². The van der Waals surface area contributed by atoms with Crippen LogP contribution in [0.3, 0.4) is 0 Å². The zero-order valence-electron chi connectivity index (χ0n) is 16.4. The smallest absolute Gasteiger partial charge is 0.267 e. The van der Waals surface area contributed by atoms with Crippen molar-refractivity contribution >= 4 is 17.5 Å². The van der Waals surface area contributed by atoms with Crippen molar-refractivity contribution in [1.29, 1.82) is 0 Å². The van der Waals surface area contributed by atoms with Crippen LogP contribution < -0.4 is 15.0 Å².